The SMILES string of the molecule is O=C(Nc1ccc(Cl)c(OC(I)(I)I)c1)c1ccccn1. The van der Waals surface area contributed by atoms with E-state index >= 15 is 0 Å². The molecule has 2 rings (SSSR count). The van der Waals surface area contributed by atoms with Gasteiger partial charge in [-0.2, -0.15) is 0 Å². The van der Waals surface area contributed by atoms with Gasteiger partial charge in [-0.1, -0.05) is 17.7 Å². The van der Waals surface area contributed by atoms with Gasteiger partial charge in [0.1, 0.15) is 11.4 Å². The van der Waals surface area contributed by atoms with Gasteiger partial charge in [-0.05, 0) is 92.0 Å². The summed E-state index contributed by atoms with van der Waals surface area (Å²) in [5.74, 6) is 0.224. The number of anilines is 1. The van der Waals surface area contributed by atoms with E-state index in [0.29, 0.717) is 22.2 Å². The number of benzene rings is 1. The fraction of sp³-hybridized carbons (Fsp3) is 0.0769. The topological polar surface area (TPSA) is 51.2 Å². The number of hydrogen-bond acceptors (Lipinski definition) is 3. The summed E-state index contributed by atoms with van der Waals surface area (Å²) in [5, 5.41) is 3.25. The van der Waals surface area contributed by atoms with Crippen molar-refractivity contribution in [2.75, 3.05) is 5.32 Å². The Morgan fingerprint density at radius 3 is 2.62 bits per heavy atom. The van der Waals surface area contributed by atoms with Gasteiger partial charge in [0.05, 0.1) is 5.02 Å². The van der Waals surface area contributed by atoms with Gasteiger partial charge in [-0.15, -0.1) is 0 Å². The van der Waals surface area contributed by atoms with E-state index in [-0.39, 0.29) is 5.91 Å². The minimum atomic E-state index is -0.458. The summed E-state index contributed by atoms with van der Waals surface area (Å²) < 4.78 is 5.26. The average Bonchev–Trinajstić information content (AvgIpc) is 2.42. The van der Waals surface area contributed by atoms with Crippen LogP contribution in [-0.2, 0) is 0 Å². The number of hydrogen-bond donors (Lipinski definition) is 1. The van der Waals surface area contributed by atoms with Crippen molar-refractivity contribution in [3.05, 3.63) is 53.3 Å². The van der Waals surface area contributed by atoms with Gasteiger partial charge in [0.25, 0.3) is 5.53 Å². The monoisotopic (exact) mass is 640 g/mol. The Morgan fingerprint density at radius 2 is 2.00 bits per heavy atom. The van der Waals surface area contributed by atoms with Crippen molar-refractivity contribution >= 4 is 91.0 Å². The molecule has 1 heterocycles. The molecule has 1 N–H and O–H groups in total. The Hall–Kier alpha value is 0.120. The highest BCUT2D eigenvalue weighted by molar-refractivity contribution is 14.3. The molecular weight excluding hydrogens is 632 g/mol. The molecule has 110 valence electrons. The Morgan fingerprint density at radius 1 is 1.24 bits per heavy atom. The number of alkyl halides is 3. The van der Waals surface area contributed by atoms with Gasteiger partial charge in [0.15, 0.2) is 0 Å². The Balaban J connectivity index is 2.18. The van der Waals surface area contributed by atoms with Crippen molar-refractivity contribution < 1.29 is 9.53 Å². The number of carbonyl (C=O) groups excluding carboxylic acids is 1. The van der Waals surface area contributed by atoms with Crippen LogP contribution in [0.25, 0.3) is 0 Å². The molecule has 0 atom stereocenters. The molecule has 0 fully saturated rings. The molecule has 0 aliphatic heterocycles. The number of rotatable bonds is 4. The standard InChI is InChI=1S/C13H8ClI3N2O2/c14-9-5-4-8(7-11(9)21-13(15,16)17)19-12(20)10-3-1-2-6-18-10/h1-7H,(H,19,20). The quantitative estimate of drug-likeness (QED) is 0.366. The molecule has 1 amide bonds. The van der Waals surface area contributed by atoms with Crippen molar-refractivity contribution in [3.63, 3.8) is 0 Å². The normalized spacial score (nSPS) is 11.0. The van der Waals surface area contributed by atoms with Crippen molar-refractivity contribution in [1.29, 1.82) is 0 Å². The van der Waals surface area contributed by atoms with Gasteiger partial charge in [0.2, 0.25) is 0 Å². The molecular formula is C13H8ClI3N2O2. The number of nitrogens with one attached hydrogen (secondary N) is 1. The maximum Gasteiger partial charge on any atom is 0.274 e. The van der Waals surface area contributed by atoms with Crippen LogP contribution in [0.1, 0.15) is 10.5 Å². The molecule has 0 aliphatic rings. The molecule has 0 unspecified atom stereocenters. The zero-order valence-electron chi connectivity index (χ0n) is 10.3. The van der Waals surface area contributed by atoms with Crippen molar-refractivity contribution in [2.45, 2.75) is -0.379 Å². The highest BCUT2D eigenvalue weighted by Crippen LogP contribution is 2.40. The third-order valence-corrected chi connectivity index (χ3v) is 3.29. The van der Waals surface area contributed by atoms with Crippen LogP contribution < -0.4 is 10.1 Å². The minimum Gasteiger partial charge on any atom is -0.457 e. The summed E-state index contributed by atoms with van der Waals surface area (Å²) in [7, 11) is 0. The van der Waals surface area contributed by atoms with Crippen LogP contribution >= 0.6 is 79.4 Å². The molecule has 0 bridgehead atoms. The molecule has 0 spiro atoms. The van der Waals surface area contributed by atoms with Gasteiger partial charge < -0.3 is 10.1 Å². The first kappa shape index (κ1) is 17.5. The van der Waals surface area contributed by atoms with Crippen LogP contribution in [0.5, 0.6) is 5.75 Å². The van der Waals surface area contributed by atoms with E-state index in [4.69, 9.17) is 16.3 Å². The van der Waals surface area contributed by atoms with Gasteiger partial charge in [0, 0.05) is 18.0 Å². The molecule has 1 aromatic carbocycles. The van der Waals surface area contributed by atoms with Crippen LogP contribution in [0.2, 0.25) is 5.02 Å². The number of halogens is 4. The van der Waals surface area contributed by atoms with E-state index in [9.17, 15) is 4.79 Å². The first-order valence-electron chi connectivity index (χ1n) is 5.63. The maximum atomic E-state index is 12.0. The second-order valence-corrected chi connectivity index (χ2v) is 15.0. The number of nitrogens with zero attached hydrogens (tertiary/aromatic N) is 1. The molecule has 4 nitrogen and oxygen atoms in total. The zero-order valence-corrected chi connectivity index (χ0v) is 17.5. The fourth-order valence-corrected chi connectivity index (χ4v) is 2.34. The van der Waals surface area contributed by atoms with Crippen LogP contribution in [-0.4, -0.2) is 10.5 Å². The predicted octanol–water partition coefficient (Wildman–Crippen LogP) is 5.28. The predicted molar refractivity (Wildman–Crippen MR) is 109 cm³/mol. The van der Waals surface area contributed by atoms with Crippen LogP contribution in [0, 0.1) is 0 Å². The van der Waals surface area contributed by atoms with E-state index in [1.165, 1.54) is 0 Å². The summed E-state index contributed by atoms with van der Waals surface area (Å²) in [6.45, 7) is 0. The number of pyridine rings is 1. The van der Waals surface area contributed by atoms with Crippen molar-refractivity contribution in [1.82, 2.24) is 4.98 Å². The number of amides is 1. The zero-order chi connectivity index (χ0) is 15.5. The smallest absolute Gasteiger partial charge is 0.274 e. The first-order valence-corrected chi connectivity index (χ1v) is 9.24. The minimum absolute atomic E-state index is 0.284. The molecule has 1 aromatic heterocycles. The van der Waals surface area contributed by atoms with Crippen molar-refractivity contribution in [3.8, 4) is 5.75 Å². The summed E-state index contributed by atoms with van der Waals surface area (Å²) in [5.41, 5.74) is 0.944. The largest absolute Gasteiger partial charge is 0.457 e. The number of aromatic nitrogens is 1. The average molecular weight is 640 g/mol. The van der Waals surface area contributed by atoms with Crippen LogP contribution in [0.3, 0.4) is 0 Å². The highest BCUT2D eigenvalue weighted by atomic mass is 127. The molecule has 0 aliphatic carbocycles. The molecule has 2 aromatic rings. The lowest BCUT2D eigenvalue weighted by Gasteiger charge is -2.17. The fourth-order valence-electron chi connectivity index (χ4n) is 1.48. The van der Waals surface area contributed by atoms with Gasteiger partial charge in [-0.25, -0.2) is 0 Å². The van der Waals surface area contributed by atoms with E-state index in [1.54, 1.807) is 42.6 Å². The highest BCUT2D eigenvalue weighted by Gasteiger charge is 2.21. The molecule has 0 saturated carbocycles. The summed E-state index contributed by atoms with van der Waals surface area (Å²) in [6.07, 6.45) is 1.57. The third-order valence-electron chi connectivity index (χ3n) is 2.31. The summed E-state index contributed by atoms with van der Waals surface area (Å²) in [4.78, 5) is 16.0. The van der Waals surface area contributed by atoms with Gasteiger partial charge in [-0.3, -0.25) is 9.78 Å². The Labute approximate surface area is 167 Å². The molecule has 0 saturated heterocycles. The summed E-state index contributed by atoms with van der Waals surface area (Å²) in [6, 6.07) is 10.2. The number of carbonyl (C=O) groups is 1. The molecule has 21 heavy (non-hydrogen) atoms. The number of ether oxygens (including phenoxy) is 1. The molecule has 0 radical (unpaired) electrons. The second-order valence-electron chi connectivity index (χ2n) is 3.86. The van der Waals surface area contributed by atoms with Crippen LogP contribution in [0.15, 0.2) is 42.6 Å². The lowest BCUT2D eigenvalue weighted by atomic mass is 10.2. The lowest BCUT2D eigenvalue weighted by Crippen LogP contribution is -2.14. The Bertz CT molecular complexity index is 648. The van der Waals surface area contributed by atoms with E-state index in [0.717, 1.165) is 0 Å². The first-order chi connectivity index (χ1) is 9.85. The summed E-state index contributed by atoms with van der Waals surface area (Å²) >= 11 is 12.5. The van der Waals surface area contributed by atoms with E-state index in [2.05, 4.69) is 78.1 Å². The lowest BCUT2D eigenvalue weighted by molar-refractivity contribution is 0.102. The van der Waals surface area contributed by atoms with Crippen molar-refractivity contribution in [2.24, 2.45) is 0 Å². The molecule has 8 heteroatoms. The van der Waals surface area contributed by atoms with E-state index in [1.807, 2.05) is 0 Å². The Kier molecular flexibility index (Phi) is 6.32. The van der Waals surface area contributed by atoms with Gasteiger partial charge >= 0.3 is 0 Å². The second kappa shape index (κ2) is 7.59. The maximum absolute atomic E-state index is 12.0. The van der Waals surface area contributed by atoms with Crippen LogP contribution in [0.4, 0.5) is 5.69 Å². The third kappa shape index (κ3) is 5.67. The van der Waals surface area contributed by atoms with E-state index < -0.39 is -0.379 Å².